The first kappa shape index (κ1) is 22.7. The molecule has 2 fully saturated rings. The number of unbranched alkanes of at least 4 members (excludes halogenated alkanes) is 1. The number of amides is 3. The Morgan fingerprint density at radius 1 is 1.21 bits per heavy atom. The van der Waals surface area contributed by atoms with E-state index in [4.69, 9.17) is 0 Å². The van der Waals surface area contributed by atoms with Gasteiger partial charge in [-0.05, 0) is 36.2 Å². The predicted octanol–water partition coefficient (Wildman–Crippen LogP) is 3.32. The van der Waals surface area contributed by atoms with Crippen LogP contribution in [0.1, 0.15) is 36.8 Å². The zero-order chi connectivity index (χ0) is 23.5. The number of piperazine rings is 1. The van der Waals surface area contributed by atoms with Crippen molar-refractivity contribution in [3.8, 4) is 11.8 Å². The Morgan fingerprint density at radius 2 is 1.97 bits per heavy atom. The Balaban J connectivity index is 1.50. The van der Waals surface area contributed by atoms with E-state index in [1.807, 2.05) is 24.3 Å². The highest BCUT2D eigenvalue weighted by atomic mass is 19.1. The molecular weight excluding hydrogens is 428 g/mol. The Bertz CT molecular complexity index is 1110. The van der Waals surface area contributed by atoms with Gasteiger partial charge in [0.25, 0.3) is 0 Å². The number of rotatable bonds is 4. The minimum Gasteiger partial charge on any atom is -0.394 e. The SMILES string of the molecule is CCCC#Cc1ccc([C@H]2[C@@H](CO)N3C(=O)CN(C(=O)Nc4cc(F)ccc4F)C[C@H]23)cc1. The van der Waals surface area contributed by atoms with E-state index in [0.717, 1.165) is 42.2 Å². The van der Waals surface area contributed by atoms with Crippen LogP contribution in [0.15, 0.2) is 42.5 Å². The van der Waals surface area contributed by atoms with Crippen LogP contribution in [0.2, 0.25) is 0 Å². The van der Waals surface area contributed by atoms with Crippen LogP contribution in [0.3, 0.4) is 0 Å². The normalized spacial score (nSPS) is 21.6. The van der Waals surface area contributed by atoms with Crippen molar-refractivity contribution in [3.63, 3.8) is 0 Å². The molecule has 0 radical (unpaired) electrons. The summed E-state index contributed by atoms with van der Waals surface area (Å²) in [6.45, 7) is 1.90. The van der Waals surface area contributed by atoms with E-state index in [1.54, 1.807) is 4.90 Å². The number of nitrogens with zero attached hydrogens (tertiary/aromatic N) is 2. The molecule has 0 bridgehead atoms. The summed E-state index contributed by atoms with van der Waals surface area (Å²) in [7, 11) is 0. The quantitative estimate of drug-likeness (QED) is 0.698. The van der Waals surface area contributed by atoms with Crippen molar-refractivity contribution in [1.82, 2.24) is 9.80 Å². The van der Waals surface area contributed by atoms with Crippen LogP contribution in [0.4, 0.5) is 19.3 Å². The van der Waals surface area contributed by atoms with Crippen LogP contribution in [0.25, 0.3) is 0 Å². The first-order valence-electron chi connectivity index (χ1n) is 10.9. The summed E-state index contributed by atoms with van der Waals surface area (Å²) in [6, 6.07) is 9.12. The van der Waals surface area contributed by atoms with Crippen LogP contribution in [-0.2, 0) is 4.79 Å². The van der Waals surface area contributed by atoms with E-state index in [9.17, 15) is 23.5 Å². The lowest BCUT2D eigenvalue weighted by Gasteiger charge is -2.58. The van der Waals surface area contributed by atoms with Crippen LogP contribution < -0.4 is 5.32 Å². The van der Waals surface area contributed by atoms with Gasteiger partial charge in [0.2, 0.25) is 5.91 Å². The Hall–Kier alpha value is -3.44. The van der Waals surface area contributed by atoms with Gasteiger partial charge < -0.3 is 20.2 Å². The second kappa shape index (κ2) is 9.59. The number of fused-ring (bicyclic) bond motifs is 1. The van der Waals surface area contributed by atoms with E-state index in [-0.39, 0.29) is 49.3 Å². The zero-order valence-corrected chi connectivity index (χ0v) is 18.2. The topological polar surface area (TPSA) is 72.9 Å². The molecule has 2 aromatic carbocycles. The zero-order valence-electron chi connectivity index (χ0n) is 18.2. The van der Waals surface area contributed by atoms with Gasteiger partial charge in [0.15, 0.2) is 0 Å². The number of aliphatic hydroxyl groups is 1. The summed E-state index contributed by atoms with van der Waals surface area (Å²) in [5.41, 5.74) is 1.55. The average Bonchev–Trinajstić information content (AvgIpc) is 2.78. The van der Waals surface area contributed by atoms with Crippen molar-refractivity contribution in [2.45, 2.75) is 37.8 Å². The predicted molar refractivity (Wildman–Crippen MR) is 119 cm³/mol. The first-order valence-corrected chi connectivity index (χ1v) is 10.9. The monoisotopic (exact) mass is 453 g/mol. The number of hydrogen-bond donors (Lipinski definition) is 2. The Morgan fingerprint density at radius 3 is 2.67 bits per heavy atom. The van der Waals surface area contributed by atoms with Gasteiger partial charge in [-0.15, -0.1) is 0 Å². The van der Waals surface area contributed by atoms with Crippen molar-refractivity contribution >= 4 is 17.6 Å². The van der Waals surface area contributed by atoms with E-state index in [2.05, 4.69) is 24.1 Å². The fourth-order valence-electron chi connectivity index (χ4n) is 4.52. The molecular formula is C25H25F2N3O3. The van der Waals surface area contributed by atoms with Crippen LogP contribution >= 0.6 is 0 Å². The number of aliphatic hydroxyl groups excluding tert-OH is 1. The number of carbonyl (C=O) groups is 2. The average molecular weight is 453 g/mol. The minimum atomic E-state index is -0.765. The van der Waals surface area contributed by atoms with Crippen molar-refractivity contribution in [1.29, 1.82) is 0 Å². The second-order valence-corrected chi connectivity index (χ2v) is 8.25. The number of benzene rings is 2. The van der Waals surface area contributed by atoms with E-state index in [1.165, 1.54) is 4.90 Å². The third-order valence-electron chi connectivity index (χ3n) is 6.11. The maximum absolute atomic E-state index is 13.9. The molecule has 2 saturated heterocycles. The molecule has 0 aromatic heterocycles. The summed E-state index contributed by atoms with van der Waals surface area (Å²) >= 11 is 0. The molecule has 2 aliphatic rings. The summed E-state index contributed by atoms with van der Waals surface area (Å²) in [6.07, 6.45) is 1.82. The third-order valence-corrected chi connectivity index (χ3v) is 6.11. The summed E-state index contributed by atoms with van der Waals surface area (Å²) in [4.78, 5) is 28.3. The molecule has 2 aliphatic heterocycles. The number of hydrogen-bond acceptors (Lipinski definition) is 3. The maximum Gasteiger partial charge on any atom is 0.322 e. The molecule has 0 aliphatic carbocycles. The maximum atomic E-state index is 13.9. The lowest BCUT2D eigenvalue weighted by Crippen LogP contribution is -2.73. The Labute approximate surface area is 191 Å². The summed E-state index contributed by atoms with van der Waals surface area (Å²) in [5, 5.41) is 12.3. The number of nitrogens with one attached hydrogen (secondary N) is 1. The Kier molecular flexibility index (Phi) is 6.61. The van der Waals surface area contributed by atoms with Gasteiger partial charge >= 0.3 is 6.03 Å². The van der Waals surface area contributed by atoms with Crippen molar-refractivity contribution in [2.24, 2.45) is 0 Å². The first-order chi connectivity index (χ1) is 15.9. The molecule has 33 heavy (non-hydrogen) atoms. The highest BCUT2D eigenvalue weighted by Gasteiger charge is 2.54. The number of halogens is 2. The highest BCUT2D eigenvalue weighted by molar-refractivity contribution is 5.94. The van der Waals surface area contributed by atoms with Crippen LogP contribution in [0.5, 0.6) is 0 Å². The fraction of sp³-hybridized carbons (Fsp3) is 0.360. The van der Waals surface area contributed by atoms with Gasteiger partial charge in [0.1, 0.15) is 18.2 Å². The van der Waals surface area contributed by atoms with Gasteiger partial charge in [0, 0.05) is 30.5 Å². The molecule has 6 nitrogen and oxygen atoms in total. The highest BCUT2D eigenvalue weighted by Crippen LogP contribution is 2.43. The standard InChI is InChI=1S/C25H25F2N3O3/c1-2-3-4-5-16-6-8-17(9-7-16)24-21-13-29(14-23(32)30(21)22(24)15-31)25(33)28-20-12-18(26)10-11-19(20)27/h6-12,21-22,24,31H,2-3,13-15H2,1H3,(H,28,33)/t21-,22-,24-/m1/s1. The van der Waals surface area contributed by atoms with Gasteiger partial charge in [0.05, 0.1) is 24.4 Å². The molecule has 3 atom stereocenters. The van der Waals surface area contributed by atoms with E-state index in [0.29, 0.717) is 0 Å². The van der Waals surface area contributed by atoms with E-state index >= 15 is 0 Å². The smallest absolute Gasteiger partial charge is 0.322 e. The van der Waals surface area contributed by atoms with Gasteiger partial charge in [-0.25, -0.2) is 13.6 Å². The van der Waals surface area contributed by atoms with Crippen LogP contribution in [0, 0.1) is 23.5 Å². The molecule has 0 spiro atoms. The number of urea groups is 1. The van der Waals surface area contributed by atoms with E-state index < -0.39 is 17.7 Å². The number of carbonyl (C=O) groups excluding carboxylic acids is 2. The fourth-order valence-corrected chi connectivity index (χ4v) is 4.52. The molecule has 2 aromatic rings. The lowest BCUT2D eigenvalue weighted by atomic mass is 9.73. The minimum absolute atomic E-state index is 0.155. The summed E-state index contributed by atoms with van der Waals surface area (Å²) < 4.78 is 27.4. The van der Waals surface area contributed by atoms with Gasteiger partial charge in [-0.2, -0.15) is 0 Å². The molecule has 2 N–H and O–H groups in total. The molecule has 3 amide bonds. The number of anilines is 1. The van der Waals surface area contributed by atoms with Crippen molar-refractivity contribution < 1.29 is 23.5 Å². The molecule has 8 heteroatoms. The summed E-state index contributed by atoms with van der Waals surface area (Å²) in [5.74, 6) is 4.32. The van der Waals surface area contributed by atoms with Crippen molar-refractivity contribution in [3.05, 3.63) is 65.2 Å². The largest absolute Gasteiger partial charge is 0.394 e. The third kappa shape index (κ3) is 4.55. The molecule has 2 heterocycles. The molecule has 0 saturated carbocycles. The lowest BCUT2D eigenvalue weighted by molar-refractivity contribution is -0.159. The van der Waals surface area contributed by atoms with Gasteiger partial charge in [-0.3, -0.25) is 4.79 Å². The van der Waals surface area contributed by atoms with Crippen molar-refractivity contribution in [2.75, 3.05) is 25.0 Å². The molecule has 172 valence electrons. The molecule has 0 unspecified atom stereocenters. The van der Waals surface area contributed by atoms with Gasteiger partial charge in [-0.1, -0.05) is 30.9 Å². The molecule has 4 rings (SSSR count). The van der Waals surface area contributed by atoms with Crippen LogP contribution in [-0.4, -0.2) is 58.6 Å². The second-order valence-electron chi connectivity index (χ2n) is 8.25.